The molecule has 2 aliphatic heterocycles. The molecule has 152 valence electrons. The monoisotopic (exact) mass is 400 g/mol. The first kappa shape index (κ1) is 19.4. The summed E-state index contributed by atoms with van der Waals surface area (Å²) in [5.74, 6) is -1.03. The first-order valence-corrected chi connectivity index (χ1v) is 9.54. The highest BCUT2D eigenvalue weighted by Crippen LogP contribution is 2.45. The third kappa shape index (κ3) is 3.57. The molecule has 5 nitrogen and oxygen atoms in total. The number of benzene rings is 2. The van der Waals surface area contributed by atoms with Crippen molar-refractivity contribution in [2.24, 2.45) is 11.8 Å². The van der Waals surface area contributed by atoms with E-state index in [0.29, 0.717) is 19.6 Å². The largest absolute Gasteiger partial charge is 0.497 e. The molecular formula is C22H22F2N2O3. The molecule has 2 aromatic carbocycles. The first-order valence-electron chi connectivity index (χ1n) is 9.54. The SMILES string of the molecule is COc1ccc([C@H]2[C@@H]3CN(C(=O)c4cc(F)cc(F)c4)C[C@@H]3CN2C(C)=O)cc1. The molecule has 0 spiro atoms. The van der Waals surface area contributed by atoms with Gasteiger partial charge in [0.15, 0.2) is 0 Å². The summed E-state index contributed by atoms with van der Waals surface area (Å²) in [5, 5.41) is 0. The van der Waals surface area contributed by atoms with Crippen LogP contribution in [0.5, 0.6) is 5.75 Å². The molecule has 2 aromatic rings. The zero-order valence-electron chi connectivity index (χ0n) is 16.3. The Morgan fingerprint density at radius 3 is 2.24 bits per heavy atom. The fourth-order valence-corrected chi connectivity index (χ4v) is 4.62. The number of methoxy groups -OCH3 is 1. The number of halogens is 2. The van der Waals surface area contributed by atoms with Crippen molar-refractivity contribution in [1.29, 1.82) is 0 Å². The molecule has 0 N–H and O–H groups in total. The zero-order chi connectivity index (χ0) is 20.7. The number of likely N-dealkylation sites (tertiary alicyclic amines) is 2. The molecule has 7 heteroatoms. The molecule has 0 unspecified atom stereocenters. The van der Waals surface area contributed by atoms with Gasteiger partial charge in [0.1, 0.15) is 17.4 Å². The number of ether oxygens (including phenoxy) is 1. The molecule has 0 bridgehead atoms. The maximum Gasteiger partial charge on any atom is 0.254 e. The van der Waals surface area contributed by atoms with Gasteiger partial charge in [0, 0.05) is 50.0 Å². The lowest BCUT2D eigenvalue weighted by Gasteiger charge is -2.29. The Balaban J connectivity index is 1.59. The Kier molecular flexibility index (Phi) is 4.98. The summed E-state index contributed by atoms with van der Waals surface area (Å²) in [7, 11) is 1.60. The normalized spacial score (nSPS) is 23.2. The quantitative estimate of drug-likeness (QED) is 0.795. The number of carbonyl (C=O) groups excluding carboxylic acids is 2. The van der Waals surface area contributed by atoms with Crippen LogP contribution >= 0.6 is 0 Å². The molecule has 2 saturated heterocycles. The average molecular weight is 400 g/mol. The van der Waals surface area contributed by atoms with Crippen molar-refractivity contribution in [2.75, 3.05) is 26.7 Å². The van der Waals surface area contributed by atoms with E-state index in [9.17, 15) is 18.4 Å². The van der Waals surface area contributed by atoms with Crippen LogP contribution in [0.2, 0.25) is 0 Å². The van der Waals surface area contributed by atoms with Gasteiger partial charge in [-0.15, -0.1) is 0 Å². The third-order valence-electron chi connectivity index (χ3n) is 5.92. The maximum absolute atomic E-state index is 13.5. The summed E-state index contributed by atoms with van der Waals surface area (Å²) < 4.78 is 32.3. The summed E-state index contributed by atoms with van der Waals surface area (Å²) >= 11 is 0. The molecule has 3 atom stereocenters. The smallest absolute Gasteiger partial charge is 0.254 e. The second-order valence-corrected chi connectivity index (χ2v) is 7.68. The van der Waals surface area contributed by atoms with E-state index in [4.69, 9.17) is 4.74 Å². The number of hydrogen-bond donors (Lipinski definition) is 0. The minimum Gasteiger partial charge on any atom is -0.497 e. The minimum atomic E-state index is -0.772. The van der Waals surface area contributed by atoms with Crippen molar-refractivity contribution in [3.63, 3.8) is 0 Å². The summed E-state index contributed by atoms with van der Waals surface area (Å²) in [5.41, 5.74) is 0.992. The van der Waals surface area contributed by atoms with E-state index in [0.717, 1.165) is 29.5 Å². The van der Waals surface area contributed by atoms with Crippen molar-refractivity contribution < 1.29 is 23.1 Å². The number of hydrogen-bond acceptors (Lipinski definition) is 3. The van der Waals surface area contributed by atoms with Crippen LogP contribution in [0.25, 0.3) is 0 Å². The Morgan fingerprint density at radius 1 is 1.00 bits per heavy atom. The molecule has 2 aliphatic rings. The van der Waals surface area contributed by atoms with Gasteiger partial charge in [-0.05, 0) is 29.8 Å². The second kappa shape index (κ2) is 7.46. The van der Waals surface area contributed by atoms with Gasteiger partial charge in [-0.25, -0.2) is 8.78 Å². The van der Waals surface area contributed by atoms with Crippen LogP contribution in [-0.2, 0) is 4.79 Å². The zero-order valence-corrected chi connectivity index (χ0v) is 16.3. The lowest BCUT2D eigenvalue weighted by Crippen LogP contribution is -2.36. The van der Waals surface area contributed by atoms with Crippen LogP contribution in [0.4, 0.5) is 8.78 Å². The number of nitrogens with zero attached hydrogens (tertiary/aromatic N) is 2. The van der Waals surface area contributed by atoms with Crippen molar-refractivity contribution in [3.8, 4) is 5.75 Å². The van der Waals surface area contributed by atoms with Gasteiger partial charge in [0.05, 0.1) is 13.2 Å². The highest BCUT2D eigenvalue weighted by atomic mass is 19.1. The molecule has 2 amide bonds. The molecule has 0 aromatic heterocycles. The Labute approximate surface area is 167 Å². The fourth-order valence-electron chi connectivity index (χ4n) is 4.62. The van der Waals surface area contributed by atoms with E-state index >= 15 is 0 Å². The van der Waals surface area contributed by atoms with Gasteiger partial charge in [-0.3, -0.25) is 9.59 Å². The molecule has 29 heavy (non-hydrogen) atoms. The van der Waals surface area contributed by atoms with Crippen LogP contribution in [0, 0.1) is 23.5 Å². The van der Waals surface area contributed by atoms with Crippen LogP contribution < -0.4 is 4.74 Å². The van der Waals surface area contributed by atoms with Crippen molar-refractivity contribution >= 4 is 11.8 Å². The Hall–Kier alpha value is -2.96. The molecule has 0 aliphatic carbocycles. The van der Waals surface area contributed by atoms with Crippen molar-refractivity contribution in [3.05, 3.63) is 65.2 Å². The molecule has 2 heterocycles. The summed E-state index contributed by atoms with van der Waals surface area (Å²) in [4.78, 5) is 28.5. The number of carbonyl (C=O) groups is 2. The number of fused-ring (bicyclic) bond motifs is 1. The van der Waals surface area contributed by atoms with Crippen molar-refractivity contribution in [1.82, 2.24) is 9.80 Å². The van der Waals surface area contributed by atoms with Crippen molar-refractivity contribution in [2.45, 2.75) is 13.0 Å². The van der Waals surface area contributed by atoms with E-state index in [2.05, 4.69) is 0 Å². The van der Waals surface area contributed by atoms with Gasteiger partial charge >= 0.3 is 0 Å². The van der Waals surface area contributed by atoms with Gasteiger partial charge < -0.3 is 14.5 Å². The predicted octanol–water partition coefficient (Wildman–Crippen LogP) is 3.27. The summed E-state index contributed by atoms with van der Waals surface area (Å²) in [6.45, 7) is 2.99. The maximum atomic E-state index is 13.5. The van der Waals surface area contributed by atoms with E-state index in [1.165, 1.54) is 0 Å². The molecule has 0 saturated carbocycles. The van der Waals surface area contributed by atoms with Crippen LogP contribution in [0.3, 0.4) is 0 Å². The lowest BCUT2D eigenvalue weighted by molar-refractivity contribution is -0.130. The Morgan fingerprint density at radius 2 is 1.66 bits per heavy atom. The minimum absolute atomic E-state index is 0.00638. The number of amides is 2. The van der Waals surface area contributed by atoms with E-state index in [1.54, 1.807) is 18.9 Å². The molecule has 0 radical (unpaired) electrons. The number of rotatable bonds is 3. The topological polar surface area (TPSA) is 49.9 Å². The van der Waals surface area contributed by atoms with Gasteiger partial charge in [-0.2, -0.15) is 0 Å². The van der Waals surface area contributed by atoms with E-state index in [-0.39, 0.29) is 35.3 Å². The van der Waals surface area contributed by atoms with E-state index < -0.39 is 11.6 Å². The third-order valence-corrected chi connectivity index (χ3v) is 5.92. The van der Waals surface area contributed by atoms with Gasteiger partial charge in [-0.1, -0.05) is 12.1 Å². The Bertz CT molecular complexity index is 927. The molecular weight excluding hydrogens is 378 g/mol. The summed E-state index contributed by atoms with van der Waals surface area (Å²) in [6.07, 6.45) is 0. The van der Waals surface area contributed by atoms with Gasteiger partial charge in [0.2, 0.25) is 5.91 Å². The average Bonchev–Trinajstić information content (AvgIpc) is 3.24. The standard InChI is InChI=1S/C22H22F2N2O3/c1-13(27)26-11-16-10-25(22(28)15-7-17(23)9-18(24)8-15)12-20(16)21(26)14-3-5-19(29-2)6-4-14/h3-9,16,20-21H,10-12H2,1-2H3/t16-,20-,21+/m1/s1. The van der Waals surface area contributed by atoms with Crippen LogP contribution in [0.15, 0.2) is 42.5 Å². The van der Waals surface area contributed by atoms with Gasteiger partial charge in [0.25, 0.3) is 5.91 Å². The predicted molar refractivity (Wildman–Crippen MR) is 102 cm³/mol. The fraction of sp³-hybridized carbons (Fsp3) is 0.364. The molecule has 4 rings (SSSR count). The second-order valence-electron chi connectivity index (χ2n) is 7.68. The lowest BCUT2D eigenvalue weighted by atomic mass is 9.89. The van der Waals surface area contributed by atoms with Crippen LogP contribution in [-0.4, -0.2) is 48.4 Å². The summed E-state index contributed by atoms with van der Waals surface area (Å²) in [6, 6.07) is 10.3. The highest BCUT2D eigenvalue weighted by Gasteiger charge is 2.49. The first-order chi connectivity index (χ1) is 13.9. The molecule has 2 fully saturated rings. The van der Waals surface area contributed by atoms with Crippen LogP contribution in [0.1, 0.15) is 28.9 Å². The highest BCUT2D eigenvalue weighted by molar-refractivity contribution is 5.94. The van der Waals surface area contributed by atoms with E-state index in [1.807, 2.05) is 29.2 Å².